The van der Waals surface area contributed by atoms with E-state index in [1.807, 2.05) is 0 Å². The van der Waals surface area contributed by atoms with E-state index in [1.165, 1.54) is 12.0 Å². The smallest absolute Gasteiger partial charge is 0.0236 e. The maximum absolute atomic E-state index is 6.00. The van der Waals surface area contributed by atoms with Crippen molar-refractivity contribution in [2.24, 2.45) is 17.1 Å². The predicted octanol–water partition coefficient (Wildman–Crippen LogP) is 3.91. The van der Waals surface area contributed by atoms with Gasteiger partial charge in [0.15, 0.2) is 0 Å². The topological polar surface area (TPSA) is 29.3 Å². The SMILES string of the molecule is CC(C)N(Cc1ccccc1)CC(CN)CC(C)(C)C. The van der Waals surface area contributed by atoms with Gasteiger partial charge in [-0.15, -0.1) is 0 Å². The monoisotopic (exact) mass is 276 g/mol. The van der Waals surface area contributed by atoms with E-state index in [2.05, 4.69) is 69.9 Å². The van der Waals surface area contributed by atoms with Crippen LogP contribution in [0.5, 0.6) is 0 Å². The van der Waals surface area contributed by atoms with Crippen molar-refractivity contribution >= 4 is 0 Å². The Hall–Kier alpha value is -0.860. The van der Waals surface area contributed by atoms with Crippen molar-refractivity contribution < 1.29 is 0 Å². The fraction of sp³-hybridized carbons (Fsp3) is 0.667. The summed E-state index contributed by atoms with van der Waals surface area (Å²) in [5.74, 6) is 0.570. The van der Waals surface area contributed by atoms with Crippen LogP contribution in [0.15, 0.2) is 30.3 Å². The normalized spacial score (nSPS) is 14.0. The molecule has 20 heavy (non-hydrogen) atoms. The zero-order valence-corrected chi connectivity index (χ0v) is 13.9. The molecular formula is C18H32N2. The van der Waals surface area contributed by atoms with E-state index in [9.17, 15) is 0 Å². The van der Waals surface area contributed by atoms with Crippen LogP contribution in [0.2, 0.25) is 0 Å². The maximum atomic E-state index is 6.00. The molecule has 0 radical (unpaired) electrons. The lowest BCUT2D eigenvalue weighted by molar-refractivity contribution is 0.156. The van der Waals surface area contributed by atoms with Crippen LogP contribution < -0.4 is 5.73 Å². The molecule has 0 aliphatic carbocycles. The Bertz CT molecular complexity index is 365. The molecule has 0 spiro atoms. The molecule has 2 heteroatoms. The van der Waals surface area contributed by atoms with Gasteiger partial charge in [-0.05, 0) is 43.7 Å². The maximum Gasteiger partial charge on any atom is 0.0236 e. The van der Waals surface area contributed by atoms with E-state index in [0.717, 1.165) is 19.6 Å². The van der Waals surface area contributed by atoms with Crippen LogP contribution in [0.3, 0.4) is 0 Å². The van der Waals surface area contributed by atoms with Crippen molar-refractivity contribution in [1.29, 1.82) is 0 Å². The Labute approximate surface area is 125 Å². The lowest BCUT2D eigenvalue weighted by Crippen LogP contribution is -2.38. The molecule has 0 saturated carbocycles. The first kappa shape index (κ1) is 17.2. The first-order chi connectivity index (χ1) is 9.31. The van der Waals surface area contributed by atoms with Gasteiger partial charge in [0.05, 0.1) is 0 Å². The van der Waals surface area contributed by atoms with Gasteiger partial charge in [0, 0.05) is 19.1 Å². The van der Waals surface area contributed by atoms with Gasteiger partial charge in [0.2, 0.25) is 0 Å². The summed E-state index contributed by atoms with van der Waals surface area (Å²) in [5.41, 5.74) is 7.72. The summed E-state index contributed by atoms with van der Waals surface area (Å²) in [4.78, 5) is 2.54. The van der Waals surface area contributed by atoms with Crippen LogP contribution in [-0.4, -0.2) is 24.0 Å². The molecule has 0 aliphatic heterocycles. The summed E-state index contributed by atoms with van der Waals surface area (Å²) < 4.78 is 0. The molecule has 0 aliphatic rings. The van der Waals surface area contributed by atoms with Crippen LogP contribution in [0.1, 0.15) is 46.6 Å². The quantitative estimate of drug-likeness (QED) is 0.818. The average Bonchev–Trinajstić information content (AvgIpc) is 2.36. The summed E-state index contributed by atoms with van der Waals surface area (Å²) in [6.45, 7) is 14.3. The lowest BCUT2D eigenvalue weighted by Gasteiger charge is -2.33. The summed E-state index contributed by atoms with van der Waals surface area (Å²) in [6.07, 6.45) is 1.18. The van der Waals surface area contributed by atoms with Crippen molar-refractivity contribution in [3.05, 3.63) is 35.9 Å². The Kier molecular flexibility index (Phi) is 6.70. The van der Waals surface area contributed by atoms with Crippen LogP contribution in [0.4, 0.5) is 0 Å². The highest BCUT2D eigenvalue weighted by Gasteiger charge is 2.21. The summed E-state index contributed by atoms with van der Waals surface area (Å²) in [7, 11) is 0. The van der Waals surface area contributed by atoms with Gasteiger partial charge in [0.1, 0.15) is 0 Å². The van der Waals surface area contributed by atoms with Crippen molar-refractivity contribution in [1.82, 2.24) is 4.90 Å². The molecule has 1 aromatic rings. The van der Waals surface area contributed by atoms with Gasteiger partial charge in [0.25, 0.3) is 0 Å². The second kappa shape index (κ2) is 7.80. The Morgan fingerprint density at radius 1 is 1.10 bits per heavy atom. The first-order valence-corrected chi connectivity index (χ1v) is 7.80. The van der Waals surface area contributed by atoms with E-state index < -0.39 is 0 Å². The number of hydrogen-bond donors (Lipinski definition) is 1. The summed E-state index contributed by atoms with van der Waals surface area (Å²) >= 11 is 0. The third-order valence-electron chi connectivity index (χ3n) is 3.69. The fourth-order valence-corrected chi connectivity index (χ4v) is 2.70. The van der Waals surface area contributed by atoms with E-state index in [-0.39, 0.29) is 0 Å². The van der Waals surface area contributed by atoms with Gasteiger partial charge in [-0.1, -0.05) is 51.1 Å². The van der Waals surface area contributed by atoms with Gasteiger partial charge in [-0.25, -0.2) is 0 Å². The third kappa shape index (κ3) is 6.53. The first-order valence-electron chi connectivity index (χ1n) is 7.80. The molecule has 0 aromatic heterocycles. The molecule has 0 saturated heterocycles. The number of hydrogen-bond acceptors (Lipinski definition) is 2. The highest BCUT2D eigenvalue weighted by Crippen LogP contribution is 2.25. The molecule has 1 unspecified atom stereocenters. The molecule has 114 valence electrons. The van der Waals surface area contributed by atoms with Crippen LogP contribution in [0.25, 0.3) is 0 Å². The van der Waals surface area contributed by atoms with Gasteiger partial charge in [-0.3, -0.25) is 4.90 Å². The number of benzene rings is 1. The molecule has 0 amide bonds. The number of rotatable bonds is 7. The highest BCUT2D eigenvalue weighted by atomic mass is 15.1. The molecule has 2 N–H and O–H groups in total. The lowest BCUT2D eigenvalue weighted by atomic mass is 9.84. The zero-order chi connectivity index (χ0) is 15.2. The Balaban J connectivity index is 2.66. The third-order valence-corrected chi connectivity index (χ3v) is 3.69. The van der Waals surface area contributed by atoms with Crippen molar-refractivity contribution in [3.63, 3.8) is 0 Å². The molecule has 0 bridgehead atoms. The van der Waals surface area contributed by atoms with Gasteiger partial charge < -0.3 is 5.73 Å². The second-order valence-corrected chi connectivity index (χ2v) is 7.38. The molecule has 1 aromatic carbocycles. The van der Waals surface area contributed by atoms with Crippen molar-refractivity contribution in [2.45, 2.75) is 53.6 Å². The minimum Gasteiger partial charge on any atom is -0.330 e. The van der Waals surface area contributed by atoms with E-state index in [0.29, 0.717) is 17.4 Å². The molecular weight excluding hydrogens is 244 g/mol. The minimum absolute atomic E-state index is 0.347. The number of nitrogens with zero attached hydrogens (tertiary/aromatic N) is 1. The minimum atomic E-state index is 0.347. The largest absolute Gasteiger partial charge is 0.330 e. The van der Waals surface area contributed by atoms with Gasteiger partial charge in [-0.2, -0.15) is 0 Å². The van der Waals surface area contributed by atoms with E-state index in [4.69, 9.17) is 5.73 Å². The molecule has 1 atom stereocenters. The summed E-state index contributed by atoms with van der Waals surface area (Å²) in [5, 5.41) is 0. The van der Waals surface area contributed by atoms with E-state index >= 15 is 0 Å². The standard InChI is InChI=1S/C18H32N2/c1-15(2)20(13-16-9-7-6-8-10-16)14-17(12-19)11-18(3,4)5/h6-10,15,17H,11-14,19H2,1-5H3. The zero-order valence-electron chi connectivity index (χ0n) is 13.9. The molecule has 0 fully saturated rings. The van der Waals surface area contributed by atoms with Gasteiger partial charge >= 0.3 is 0 Å². The second-order valence-electron chi connectivity index (χ2n) is 7.38. The van der Waals surface area contributed by atoms with Crippen molar-refractivity contribution in [3.8, 4) is 0 Å². The average molecular weight is 276 g/mol. The van der Waals surface area contributed by atoms with Crippen LogP contribution >= 0.6 is 0 Å². The Morgan fingerprint density at radius 3 is 2.15 bits per heavy atom. The van der Waals surface area contributed by atoms with Crippen LogP contribution in [-0.2, 0) is 6.54 Å². The highest BCUT2D eigenvalue weighted by molar-refractivity contribution is 5.14. The predicted molar refractivity (Wildman–Crippen MR) is 88.6 cm³/mol. The number of nitrogens with two attached hydrogens (primary N) is 1. The molecule has 2 nitrogen and oxygen atoms in total. The molecule has 0 heterocycles. The summed E-state index contributed by atoms with van der Waals surface area (Å²) in [6, 6.07) is 11.3. The fourth-order valence-electron chi connectivity index (χ4n) is 2.70. The van der Waals surface area contributed by atoms with Crippen molar-refractivity contribution in [2.75, 3.05) is 13.1 Å². The Morgan fingerprint density at radius 2 is 1.70 bits per heavy atom. The van der Waals surface area contributed by atoms with Crippen LogP contribution in [0, 0.1) is 11.3 Å². The molecule has 1 rings (SSSR count). The van der Waals surface area contributed by atoms with E-state index in [1.54, 1.807) is 0 Å².